The molecule has 0 aliphatic heterocycles. The van der Waals surface area contributed by atoms with Crippen molar-refractivity contribution in [3.05, 3.63) is 121 Å². The predicted octanol–water partition coefficient (Wildman–Crippen LogP) is 7.10. The van der Waals surface area contributed by atoms with Gasteiger partial charge < -0.3 is 10.2 Å². The summed E-state index contributed by atoms with van der Waals surface area (Å²) in [5.74, 6) is -1.33. The standard InChI is InChI=1S/C37H52O8S/c1-29(33(5)38)25-21-17-13-12-14-18-22-26-30(2)37(41)32(4)35(40)27-23-19-15-10-8-7-9-11-16-20-24-28-36(31(3)34(6)39)45-46(42,43)44/h7-13,15-17,19-27,30-32,35-37,40-41H,14,18,28H2,1-6H3,(H,42,43,44)/b9-7+,10-8+,13-12+,16-11+,19-15+,21-17+,24-20+,26-22+,27-23+,29-25+. The summed E-state index contributed by atoms with van der Waals surface area (Å²) in [6.07, 6.45) is 33.9. The first-order valence-corrected chi connectivity index (χ1v) is 16.7. The number of carbonyl (C=O) groups is 2. The van der Waals surface area contributed by atoms with Crippen LogP contribution in [0.2, 0.25) is 0 Å². The van der Waals surface area contributed by atoms with E-state index in [1.165, 1.54) is 6.92 Å². The molecule has 0 saturated heterocycles. The van der Waals surface area contributed by atoms with Gasteiger partial charge in [0.25, 0.3) is 0 Å². The van der Waals surface area contributed by atoms with Crippen LogP contribution >= 0.6 is 0 Å². The van der Waals surface area contributed by atoms with Crippen molar-refractivity contribution in [2.75, 3.05) is 0 Å². The predicted molar refractivity (Wildman–Crippen MR) is 187 cm³/mol. The lowest BCUT2D eigenvalue weighted by Crippen LogP contribution is -2.32. The smallest absolute Gasteiger partial charge is 0.392 e. The minimum Gasteiger partial charge on any atom is -0.392 e. The molecule has 0 spiro atoms. The third-order valence-corrected chi connectivity index (χ3v) is 7.56. The number of aliphatic hydroxyl groups is 2. The zero-order valence-electron chi connectivity index (χ0n) is 27.8. The third-order valence-electron chi connectivity index (χ3n) is 7.07. The molecule has 0 saturated carbocycles. The van der Waals surface area contributed by atoms with Crippen molar-refractivity contribution < 1.29 is 37.0 Å². The number of ketones is 2. The van der Waals surface area contributed by atoms with Crippen LogP contribution in [0.5, 0.6) is 0 Å². The maximum absolute atomic E-state index is 11.5. The van der Waals surface area contributed by atoms with Gasteiger partial charge >= 0.3 is 10.4 Å². The molecule has 0 amide bonds. The van der Waals surface area contributed by atoms with E-state index in [1.807, 2.05) is 74.6 Å². The first-order valence-electron chi connectivity index (χ1n) is 15.4. The highest BCUT2D eigenvalue weighted by molar-refractivity contribution is 7.80. The van der Waals surface area contributed by atoms with Gasteiger partial charge in [-0.05, 0) is 45.6 Å². The molecule has 6 atom stereocenters. The van der Waals surface area contributed by atoms with Gasteiger partial charge in [-0.15, -0.1) is 0 Å². The Morgan fingerprint density at radius 2 is 1.20 bits per heavy atom. The molecule has 0 heterocycles. The highest BCUT2D eigenvalue weighted by Crippen LogP contribution is 2.19. The molecule has 0 aromatic carbocycles. The zero-order valence-corrected chi connectivity index (χ0v) is 28.7. The summed E-state index contributed by atoms with van der Waals surface area (Å²) in [4.78, 5) is 22.7. The average Bonchev–Trinajstić information content (AvgIpc) is 2.99. The number of Topliss-reactive ketones (excluding diaryl/α,β-unsaturated/α-hetero) is 2. The molecular formula is C37H52O8S. The highest BCUT2D eigenvalue weighted by atomic mass is 32.3. The first kappa shape index (κ1) is 42.5. The first-order chi connectivity index (χ1) is 21.7. The lowest BCUT2D eigenvalue weighted by atomic mass is 9.88. The van der Waals surface area contributed by atoms with Crippen molar-refractivity contribution in [3.63, 3.8) is 0 Å². The van der Waals surface area contributed by atoms with Crippen LogP contribution in [0.15, 0.2) is 121 Å². The Balaban J connectivity index is 4.53. The summed E-state index contributed by atoms with van der Waals surface area (Å²) in [5, 5.41) is 21.1. The number of rotatable bonds is 22. The lowest BCUT2D eigenvalue weighted by Gasteiger charge is -2.25. The number of hydrogen-bond donors (Lipinski definition) is 3. The molecule has 0 aliphatic carbocycles. The monoisotopic (exact) mass is 656 g/mol. The lowest BCUT2D eigenvalue weighted by molar-refractivity contribution is -0.122. The summed E-state index contributed by atoms with van der Waals surface area (Å²) in [5.41, 5.74) is 0.716. The Morgan fingerprint density at radius 3 is 1.74 bits per heavy atom. The fraction of sp³-hybridized carbons (Fsp3) is 0.405. The van der Waals surface area contributed by atoms with E-state index in [9.17, 15) is 28.2 Å². The summed E-state index contributed by atoms with van der Waals surface area (Å²) in [6, 6.07) is 0. The molecule has 9 heteroatoms. The van der Waals surface area contributed by atoms with Gasteiger partial charge in [0.15, 0.2) is 5.78 Å². The van der Waals surface area contributed by atoms with Gasteiger partial charge in [0.1, 0.15) is 5.78 Å². The van der Waals surface area contributed by atoms with E-state index in [0.717, 1.165) is 12.8 Å². The van der Waals surface area contributed by atoms with Gasteiger partial charge in [-0.25, -0.2) is 4.18 Å². The molecule has 46 heavy (non-hydrogen) atoms. The molecule has 8 nitrogen and oxygen atoms in total. The number of carbonyl (C=O) groups excluding carboxylic acids is 2. The maximum atomic E-state index is 11.5. The number of unbranched alkanes of at least 4 members (excludes halogenated alkanes) is 1. The van der Waals surface area contributed by atoms with E-state index in [2.05, 4.69) is 4.18 Å². The van der Waals surface area contributed by atoms with E-state index >= 15 is 0 Å². The summed E-state index contributed by atoms with van der Waals surface area (Å²) >= 11 is 0. The van der Waals surface area contributed by atoms with E-state index in [4.69, 9.17) is 4.55 Å². The Bertz CT molecular complexity index is 1320. The molecule has 0 aromatic rings. The van der Waals surface area contributed by atoms with E-state index in [-0.39, 0.29) is 29.8 Å². The van der Waals surface area contributed by atoms with Gasteiger partial charge in [0.2, 0.25) is 0 Å². The van der Waals surface area contributed by atoms with Crippen LogP contribution in [0.25, 0.3) is 0 Å². The van der Waals surface area contributed by atoms with Crippen LogP contribution in [0, 0.1) is 17.8 Å². The fourth-order valence-electron chi connectivity index (χ4n) is 3.76. The number of hydrogen-bond acceptors (Lipinski definition) is 7. The van der Waals surface area contributed by atoms with E-state index in [0.29, 0.717) is 5.57 Å². The van der Waals surface area contributed by atoms with Crippen LogP contribution in [0.4, 0.5) is 0 Å². The fourth-order valence-corrected chi connectivity index (χ4v) is 4.31. The second-order valence-corrected chi connectivity index (χ2v) is 12.0. The zero-order chi connectivity index (χ0) is 35.0. The van der Waals surface area contributed by atoms with Gasteiger partial charge in [0, 0.05) is 17.8 Å². The average molecular weight is 657 g/mol. The van der Waals surface area contributed by atoms with Gasteiger partial charge in [-0.3, -0.25) is 14.1 Å². The second kappa shape index (κ2) is 24.7. The molecule has 0 radical (unpaired) electrons. The minimum atomic E-state index is -4.66. The van der Waals surface area contributed by atoms with Crippen LogP contribution in [0.3, 0.4) is 0 Å². The topological polar surface area (TPSA) is 138 Å². The molecule has 0 bridgehead atoms. The van der Waals surface area contributed by atoms with Gasteiger partial charge in [0.05, 0.1) is 18.3 Å². The molecule has 0 aromatic heterocycles. The molecule has 6 unspecified atom stereocenters. The van der Waals surface area contributed by atoms with E-state index < -0.39 is 34.6 Å². The summed E-state index contributed by atoms with van der Waals surface area (Å²) in [6.45, 7) is 9.94. The normalized spacial score (nSPS) is 18.1. The number of aliphatic hydroxyl groups excluding tert-OH is 2. The van der Waals surface area contributed by atoms with Crippen LogP contribution in [0.1, 0.15) is 60.8 Å². The van der Waals surface area contributed by atoms with Crippen molar-refractivity contribution in [2.45, 2.75) is 79.1 Å². The molecular weight excluding hydrogens is 604 g/mol. The van der Waals surface area contributed by atoms with Gasteiger partial charge in [-0.1, -0.05) is 136 Å². The quantitative estimate of drug-likeness (QED) is 0.0369. The molecule has 0 aliphatic rings. The molecule has 254 valence electrons. The Kier molecular flexibility index (Phi) is 22.9. The summed E-state index contributed by atoms with van der Waals surface area (Å²) in [7, 11) is -4.66. The Hall–Kier alpha value is -3.47. The van der Waals surface area contributed by atoms with Crippen LogP contribution < -0.4 is 0 Å². The van der Waals surface area contributed by atoms with Crippen LogP contribution in [-0.2, 0) is 24.2 Å². The van der Waals surface area contributed by atoms with Crippen molar-refractivity contribution in [1.29, 1.82) is 0 Å². The third kappa shape index (κ3) is 22.1. The maximum Gasteiger partial charge on any atom is 0.397 e. The van der Waals surface area contributed by atoms with Crippen molar-refractivity contribution in [1.82, 2.24) is 0 Å². The van der Waals surface area contributed by atoms with Crippen molar-refractivity contribution in [2.24, 2.45) is 17.8 Å². The van der Waals surface area contributed by atoms with Crippen LogP contribution in [-0.4, -0.2) is 53.1 Å². The van der Waals surface area contributed by atoms with E-state index in [1.54, 1.807) is 75.5 Å². The largest absolute Gasteiger partial charge is 0.397 e. The minimum absolute atomic E-state index is 0.0591. The molecule has 3 N–H and O–H groups in total. The van der Waals surface area contributed by atoms with Crippen molar-refractivity contribution in [3.8, 4) is 0 Å². The Morgan fingerprint density at radius 1 is 0.696 bits per heavy atom. The molecule has 0 rings (SSSR count). The SMILES string of the molecule is CC(=O)/C(C)=C/C=C/C=C/CC/C=C/C(C)C(O)C(C)C(O)/C=C/C=C/C=C/C=C/C=C/C=C/CC(OS(=O)(=O)O)C(C)C(C)=O. The summed E-state index contributed by atoms with van der Waals surface area (Å²) < 4.78 is 35.5. The number of allylic oxidation sites excluding steroid dienone is 17. The highest BCUT2D eigenvalue weighted by Gasteiger charge is 2.26. The second-order valence-electron chi connectivity index (χ2n) is 11.0. The van der Waals surface area contributed by atoms with Gasteiger partial charge in [-0.2, -0.15) is 8.42 Å². The Labute approximate surface area is 276 Å². The van der Waals surface area contributed by atoms with Crippen molar-refractivity contribution >= 4 is 22.0 Å². The molecule has 0 fully saturated rings.